The third kappa shape index (κ3) is 6.76. The number of hydrogen-bond acceptors (Lipinski definition) is 5. The first-order valence-corrected chi connectivity index (χ1v) is 9.89. The van der Waals surface area contributed by atoms with Crippen molar-refractivity contribution >= 4 is 25.8 Å². The number of halogens is 1. The quantitative estimate of drug-likeness (QED) is 0.786. The Labute approximate surface area is 140 Å². The summed E-state index contributed by atoms with van der Waals surface area (Å²) in [5, 5.41) is 2.63. The first-order chi connectivity index (χ1) is 10.9. The number of rotatable bonds is 6. The van der Waals surface area contributed by atoms with Gasteiger partial charge in [-0.05, 0) is 24.3 Å². The van der Waals surface area contributed by atoms with Crippen molar-refractivity contribution in [3.8, 4) is 0 Å². The summed E-state index contributed by atoms with van der Waals surface area (Å²) in [7, 11) is 1.63. The first-order valence-electron chi connectivity index (χ1n) is 7.41. The number of carbonyl (C=O) groups excluding carboxylic acids is 1. The number of carbonyl (C=O) groups is 1. The summed E-state index contributed by atoms with van der Waals surface area (Å²) < 4.78 is 33.2. The highest BCUT2D eigenvalue weighted by atomic mass is 35.7. The maximum atomic E-state index is 12.0. The van der Waals surface area contributed by atoms with Crippen LogP contribution in [-0.4, -0.2) is 39.5 Å². The van der Waals surface area contributed by atoms with E-state index in [9.17, 15) is 13.2 Å². The number of benzene rings is 1. The van der Waals surface area contributed by atoms with Crippen LogP contribution in [-0.2, 0) is 25.1 Å². The molecule has 1 atom stereocenters. The van der Waals surface area contributed by atoms with Crippen molar-refractivity contribution in [3.05, 3.63) is 35.9 Å². The summed E-state index contributed by atoms with van der Waals surface area (Å²) in [5.74, 6) is -0.318. The second-order valence-corrected chi connectivity index (χ2v) is 8.29. The first kappa shape index (κ1) is 18.0. The van der Waals surface area contributed by atoms with Crippen LogP contribution in [0.5, 0.6) is 0 Å². The fourth-order valence-corrected chi connectivity index (χ4v) is 3.74. The lowest BCUT2D eigenvalue weighted by Gasteiger charge is -2.29. The number of alkyl carbamates (subject to hydrolysis) is 1. The topological polar surface area (TPSA) is 81.7 Å². The zero-order valence-corrected chi connectivity index (χ0v) is 14.2. The van der Waals surface area contributed by atoms with Gasteiger partial charge in [0, 0.05) is 23.9 Å². The van der Waals surface area contributed by atoms with E-state index >= 15 is 0 Å². The zero-order valence-electron chi connectivity index (χ0n) is 12.6. The van der Waals surface area contributed by atoms with Crippen LogP contribution in [0.1, 0.15) is 18.4 Å². The fourth-order valence-electron chi connectivity index (χ4n) is 2.54. The van der Waals surface area contributed by atoms with Gasteiger partial charge in [-0.1, -0.05) is 30.3 Å². The zero-order chi connectivity index (χ0) is 16.7. The van der Waals surface area contributed by atoms with Gasteiger partial charge in [-0.25, -0.2) is 13.2 Å². The standard InChI is InChI=1S/C15H20ClNO5S/c16-23(19,20)11-14(13-6-8-21-9-7-13)17-15(18)22-10-12-4-2-1-3-5-12/h1-5,13-14H,6-11H2,(H,17,18). The normalized spacial score (nSPS) is 17.4. The highest BCUT2D eigenvalue weighted by Crippen LogP contribution is 2.21. The summed E-state index contributed by atoms with van der Waals surface area (Å²) in [6, 6.07) is 8.67. The van der Waals surface area contributed by atoms with E-state index in [1.165, 1.54) is 0 Å². The van der Waals surface area contributed by atoms with Crippen LogP contribution in [0, 0.1) is 5.92 Å². The van der Waals surface area contributed by atoms with Crippen LogP contribution in [0.4, 0.5) is 4.79 Å². The molecule has 0 aliphatic carbocycles. The van der Waals surface area contributed by atoms with E-state index in [4.69, 9.17) is 20.2 Å². The Bertz CT molecular complexity index is 602. The minimum atomic E-state index is -3.72. The molecule has 0 radical (unpaired) electrons. The molecule has 0 bridgehead atoms. The minimum absolute atomic E-state index is 0.00144. The highest BCUT2D eigenvalue weighted by Gasteiger charge is 2.29. The molecular weight excluding hydrogens is 342 g/mol. The third-order valence-corrected chi connectivity index (χ3v) is 4.86. The third-order valence-electron chi connectivity index (χ3n) is 3.73. The van der Waals surface area contributed by atoms with Crippen LogP contribution in [0.15, 0.2) is 30.3 Å². The van der Waals surface area contributed by atoms with Gasteiger partial charge in [-0.15, -0.1) is 0 Å². The lowest BCUT2D eigenvalue weighted by atomic mass is 9.93. The van der Waals surface area contributed by atoms with Crippen molar-refractivity contribution in [1.29, 1.82) is 0 Å². The van der Waals surface area contributed by atoms with E-state index in [2.05, 4.69) is 5.32 Å². The minimum Gasteiger partial charge on any atom is -0.445 e. The molecule has 1 fully saturated rings. The second-order valence-electron chi connectivity index (χ2n) is 5.47. The van der Waals surface area contributed by atoms with Gasteiger partial charge in [0.1, 0.15) is 6.61 Å². The fraction of sp³-hybridized carbons (Fsp3) is 0.533. The predicted octanol–water partition coefficient (Wildman–Crippen LogP) is 2.28. The van der Waals surface area contributed by atoms with Gasteiger partial charge in [0.05, 0.1) is 11.8 Å². The Kier molecular flexibility index (Phi) is 6.68. The maximum Gasteiger partial charge on any atom is 0.407 e. The molecular formula is C15H20ClNO5S. The summed E-state index contributed by atoms with van der Waals surface area (Å²) in [6.45, 7) is 1.22. The number of ether oxygens (including phenoxy) is 2. The lowest BCUT2D eigenvalue weighted by molar-refractivity contribution is 0.0544. The number of nitrogens with one attached hydrogen (secondary N) is 1. The molecule has 1 aliphatic rings. The SMILES string of the molecule is O=C(NC(CS(=O)(=O)Cl)C1CCOCC1)OCc1ccccc1. The van der Waals surface area contributed by atoms with Crippen LogP contribution in [0.2, 0.25) is 0 Å². The molecule has 1 aromatic carbocycles. The summed E-state index contributed by atoms with van der Waals surface area (Å²) in [6.07, 6.45) is 0.706. The van der Waals surface area contributed by atoms with Gasteiger partial charge < -0.3 is 14.8 Å². The van der Waals surface area contributed by atoms with Gasteiger partial charge in [0.2, 0.25) is 9.05 Å². The Morgan fingerprint density at radius 3 is 2.57 bits per heavy atom. The lowest BCUT2D eigenvalue weighted by Crippen LogP contribution is -2.46. The van der Waals surface area contributed by atoms with Crippen molar-refractivity contribution in [3.63, 3.8) is 0 Å². The van der Waals surface area contributed by atoms with Gasteiger partial charge >= 0.3 is 6.09 Å². The van der Waals surface area contributed by atoms with Crippen molar-refractivity contribution in [2.75, 3.05) is 19.0 Å². The van der Waals surface area contributed by atoms with E-state index in [1.807, 2.05) is 30.3 Å². The van der Waals surface area contributed by atoms with Crippen molar-refractivity contribution in [2.24, 2.45) is 5.92 Å². The maximum absolute atomic E-state index is 12.0. The summed E-state index contributed by atoms with van der Waals surface area (Å²) in [5.41, 5.74) is 0.857. The predicted molar refractivity (Wildman–Crippen MR) is 86.7 cm³/mol. The van der Waals surface area contributed by atoms with Gasteiger partial charge in [-0.3, -0.25) is 0 Å². The smallest absolute Gasteiger partial charge is 0.407 e. The monoisotopic (exact) mass is 361 g/mol. The molecule has 0 aromatic heterocycles. The molecule has 1 unspecified atom stereocenters. The molecule has 1 aromatic rings. The van der Waals surface area contributed by atoms with E-state index in [0.717, 1.165) is 5.56 Å². The Balaban J connectivity index is 1.91. The molecule has 2 rings (SSSR count). The Hall–Kier alpha value is -1.31. The molecule has 1 N–H and O–H groups in total. The average molecular weight is 362 g/mol. The van der Waals surface area contributed by atoms with E-state index in [1.54, 1.807) is 0 Å². The second kappa shape index (κ2) is 8.52. The molecule has 128 valence electrons. The number of hydrogen-bond donors (Lipinski definition) is 1. The van der Waals surface area contributed by atoms with E-state index in [-0.39, 0.29) is 18.3 Å². The van der Waals surface area contributed by atoms with Crippen LogP contribution >= 0.6 is 10.7 Å². The molecule has 0 saturated carbocycles. The molecule has 23 heavy (non-hydrogen) atoms. The van der Waals surface area contributed by atoms with Crippen molar-refractivity contribution in [1.82, 2.24) is 5.32 Å². The number of amides is 1. The molecule has 8 heteroatoms. The van der Waals surface area contributed by atoms with Crippen LogP contribution in [0.3, 0.4) is 0 Å². The van der Waals surface area contributed by atoms with E-state index < -0.39 is 21.2 Å². The molecule has 1 aliphatic heterocycles. The van der Waals surface area contributed by atoms with Gasteiger partial charge in [0.25, 0.3) is 0 Å². The molecule has 1 amide bonds. The Morgan fingerprint density at radius 1 is 1.30 bits per heavy atom. The molecule has 6 nitrogen and oxygen atoms in total. The van der Waals surface area contributed by atoms with Gasteiger partial charge in [0.15, 0.2) is 0 Å². The summed E-state index contributed by atoms with van der Waals surface area (Å²) in [4.78, 5) is 12.0. The largest absolute Gasteiger partial charge is 0.445 e. The summed E-state index contributed by atoms with van der Waals surface area (Å²) >= 11 is 0. The van der Waals surface area contributed by atoms with Crippen molar-refractivity contribution in [2.45, 2.75) is 25.5 Å². The Morgan fingerprint density at radius 2 is 1.96 bits per heavy atom. The molecule has 1 heterocycles. The van der Waals surface area contributed by atoms with E-state index in [0.29, 0.717) is 26.1 Å². The average Bonchev–Trinajstić information content (AvgIpc) is 2.53. The highest BCUT2D eigenvalue weighted by molar-refractivity contribution is 8.13. The molecule has 0 spiro atoms. The van der Waals surface area contributed by atoms with Crippen LogP contribution in [0.25, 0.3) is 0 Å². The van der Waals surface area contributed by atoms with Crippen molar-refractivity contribution < 1.29 is 22.7 Å². The van der Waals surface area contributed by atoms with Crippen LogP contribution < -0.4 is 5.32 Å². The van der Waals surface area contributed by atoms with Gasteiger partial charge in [-0.2, -0.15) is 0 Å². The molecule has 1 saturated heterocycles.